The number of anilines is 1. The molecule has 0 aromatic heterocycles. The Kier molecular flexibility index (Phi) is 3.63. The highest BCUT2D eigenvalue weighted by Gasteiger charge is 2.11. The van der Waals surface area contributed by atoms with Crippen molar-refractivity contribution in [2.45, 2.75) is 0 Å². The van der Waals surface area contributed by atoms with Crippen LogP contribution in [0.15, 0.2) is 65.9 Å². The van der Waals surface area contributed by atoms with Crippen LogP contribution in [0.25, 0.3) is 21.5 Å². The van der Waals surface area contributed by atoms with Gasteiger partial charge in [-0.3, -0.25) is 0 Å². The van der Waals surface area contributed by atoms with Crippen LogP contribution in [0.3, 0.4) is 0 Å². The van der Waals surface area contributed by atoms with E-state index in [1.807, 2.05) is 54.6 Å². The molecule has 0 heterocycles. The number of allylic oxidation sites excluding steroid dienone is 2. The van der Waals surface area contributed by atoms with E-state index >= 15 is 0 Å². The summed E-state index contributed by atoms with van der Waals surface area (Å²) in [5.74, 6) is 0. The third-order valence-corrected chi connectivity index (χ3v) is 3.61. The van der Waals surface area contributed by atoms with Crippen molar-refractivity contribution in [1.82, 2.24) is 0 Å². The Labute approximate surface area is 133 Å². The Morgan fingerprint density at radius 2 is 1.26 bits per heavy atom. The van der Waals surface area contributed by atoms with Crippen LogP contribution >= 0.6 is 0 Å². The lowest BCUT2D eigenvalue weighted by atomic mass is 10.0. The van der Waals surface area contributed by atoms with E-state index in [0.29, 0.717) is 0 Å². The van der Waals surface area contributed by atoms with Crippen LogP contribution in [-0.2, 0) is 0 Å². The van der Waals surface area contributed by atoms with Gasteiger partial charge >= 0.3 is 0 Å². The summed E-state index contributed by atoms with van der Waals surface area (Å²) in [6.07, 6.45) is 0. The van der Waals surface area contributed by atoms with Crippen molar-refractivity contribution >= 4 is 27.2 Å². The van der Waals surface area contributed by atoms with E-state index in [1.54, 1.807) is 12.1 Å². The first-order chi connectivity index (χ1) is 11.3. The molecule has 3 aromatic rings. The molecule has 3 rings (SSSR count). The largest absolute Gasteiger partial charge is 0.344 e. The minimum absolute atomic E-state index is 0.0449. The number of nitrogens with zero attached hydrogens (tertiary/aromatic N) is 3. The quantitative estimate of drug-likeness (QED) is 0.566. The Morgan fingerprint density at radius 3 is 1.74 bits per heavy atom. The summed E-state index contributed by atoms with van der Waals surface area (Å²) >= 11 is 0. The van der Waals surface area contributed by atoms with Gasteiger partial charge in [0, 0.05) is 10.8 Å². The highest BCUT2D eigenvalue weighted by atomic mass is 14.9. The fourth-order valence-electron chi connectivity index (χ4n) is 2.56. The van der Waals surface area contributed by atoms with E-state index in [0.717, 1.165) is 27.2 Å². The second-order valence-electron chi connectivity index (χ2n) is 4.90. The molecule has 23 heavy (non-hydrogen) atoms. The lowest BCUT2D eigenvalue weighted by molar-refractivity contribution is 1.38. The first-order valence-corrected chi connectivity index (χ1v) is 6.90. The second-order valence-corrected chi connectivity index (χ2v) is 4.90. The minimum atomic E-state index is -0.232. The molecule has 0 saturated heterocycles. The van der Waals surface area contributed by atoms with E-state index in [9.17, 15) is 5.26 Å². The molecule has 0 saturated carbocycles. The van der Waals surface area contributed by atoms with Crippen LogP contribution in [0.2, 0.25) is 0 Å². The smallest absolute Gasteiger partial charge is 0.163 e. The Balaban J connectivity index is 2.35. The van der Waals surface area contributed by atoms with E-state index in [4.69, 9.17) is 10.5 Å². The third-order valence-electron chi connectivity index (χ3n) is 3.61. The minimum Gasteiger partial charge on any atom is -0.344 e. The molecule has 3 aromatic carbocycles. The molecule has 0 spiro atoms. The number of benzene rings is 3. The van der Waals surface area contributed by atoms with Gasteiger partial charge in [-0.1, -0.05) is 48.5 Å². The van der Waals surface area contributed by atoms with Crippen molar-refractivity contribution < 1.29 is 0 Å². The van der Waals surface area contributed by atoms with Gasteiger partial charge < -0.3 is 5.32 Å². The van der Waals surface area contributed by atoms with E-state index in [1.165, 1.54) is 0 Å². The average Bonchev–Trinajstić information content (AvgIpc) is 2.61. The topological polar surface area (TPSA) is 83.4 Å². The van der Waals surface area contributed by atoms with Crippen LogP contribution in [-0.4, -0.2) is 0 Å². The highest BCUT2D eigenvalue weighted by Crippen LogP contribution is 2.33. The van der Waals surface area contributed by atoms with Crippen LogP contribution < -0.4 is 5.32 Å². The molecule has 4 nitrogen and oxygen atoms in total. The standard InChI is InChI=1S/C19H10N4/c20-10-15(11-21)18(12-22)23-19-16-7-3-1-5-13(16)9-14-6-2-4-8-17(14)19/h1-9,23H. The summed E-state index contributed by atoms with van der Waals surface area (Å²) in [5.41, 5.74) is 0.444. The number of nitrogens with one attached hydrogen (secondary N) is 1. The van der Waals surface area contributed by atoms with Crippen molar-refractivity contribution in [3.8, 4) is 18.2 Å². The Morgan fingerprint density at radius 1 is 0.739 bits per heavy atom. The lowest BCUT2D eigenvalue weighted by Gasteiger charge is -2.13. The molecule has 0 radical (unpaired) electrons. The molecule has 0 aliphatic carbocycles. The van der Waals surface area contributed by atoms with Gasteiger partial charge in [0.1, 0.15) is 23.9 Å². The molecule has 1 N–H and O–H groups in total. The van der Waals surface area contributed by atoms with Gasteiger partial charge in [-0.05, 0) is 16.8 Å². The zero-order valence-electron chi connectivity index (χ0n) is 12.0. The lowest BCUT2D eigenvalue weighted by Crippen LogP contribution is -2.02. The number of hydrogen-bond donors (Lipinski definition) is 1. The van der Waals surface area contributed by atoms with Gasteiger partial charge in [0.2, 0.25) is 0 Å². The zero-order chi connectivity index (χ0) is 16.2. The maximum atomic E-state index is 9.29. The van der Waals surface area contributed by atoms with Crippen molar-refractivity contribution in [2.75, 3.05) is 5.32 Å². The summed E-state index contributed by atoms with van der Waals surface area (Å²) in [5, 5.41) is 34.2. The zero-order valence-corrected chi connectivity index (χ0v) is 12.0. The van der Waals surface area contributed by atoms with E-state index in [2.05, 4.69) is 11.4 Å². The molecule has 0 unspecified atom stereocenters. The maximum absolute atomic E-state index is 9.29. The van der Waals surface area contributed by atoms with Crippen molar-refractivity contribution in [3.05, 3.63) is 65.9 Å². The summed E-state index contributed by atoms with van der Waals surface area (Å²) in [6, 6.07) is 23.0. The third kappa shape index (κ3) is 2.44. The highest BCUT2D eigenvalue weighted by molar-refractivity contribution is 6.11. The molecular formula is C19H10N4. The van der Waals surface area contributed by atoms with Gasteiger partial charge in [-0.15, -0.1) is 0 Å². The monoisotopic (exact) mass is 294 g/mol. The van der Waals surface area contributed by atoms with Crippen LogP contribution in [0.5, 0.6) is 0 Å². The molecule has 106 valence electrons. The Hall–Kier alpha value is -3.81. The normalized spacial score (nSPS) is 9.61. The summed E-state index contributed by atoms with van der Waals surface area (Å²) in [7, 11) is 0. The van der Waals surface area contributed by atoms with Gasteiger partial charge in [-0.2, -0.15) is 15.8 Å². The second kappa shape index (κ2) is 5.90. The van der Waals surface area contributed by atoms with E-state index < -0.39 is 0 Å². The molecule has 0 aliphatic rings. The van der Waals surface area contributed by atoms with Gasteiger partial charge in [0.05, 0.1) is 5.69 Å². The van der Waals surface area contributed by atoms with Gasteiger partial charge in [0.15, 0.2) is 5.57 Å². The number of rotatable bonds is 2. The summed E-state index contributed by atoms with van der Waals surface area (Å²) in [4.78, 5) is 0. The van der Waals surface area contributed by atoms with Crippen LogP contribution in [0, 0.1) is 34.0 Å². The average molecular weight is 294 g/mol. The predicted molar refractivity (Wildman–Crippen MR) is 88.9 cm³/mol. The van der Waals surface area contributed by atoms with Crippen molar-refractivity contribution in [1.29, 1.82) is 15.8 Å². The molecule has 0 atom stereocenters. The molecule has 0 fully saturated rings. The van der Waals surface area contributed by atoms with Crippen LogP contribution in [0.1, 0.15) is 0 Å². The van der Waals surface area contributed by atoms with Crippen LogP contribution in [0.4, 0.5) is 5.69 Å². The molecule has 0 aliphatic heterocycles. The fraction of sp³-hybridized carbons (Fsp3) is 0. The van der Waals surface area contributed by atoms with Crippen molar-refractivity contribution in [2.24, 2.45) is 0 Å². The van der Waals surface area contributed by atoms with Crippen molar-refractivity contribution in [3.63, 3.8) is 0 Å². The predicted octanol–water partition coefficient (Wildman–Crippen LogP) is 4.23. The maximum Gasteiger partial charge on any atom is 0.163 e. The summed E-state index contributed by atoms with van der Waals surface area (Å²) in [6.45, 7) is 0. The molecular weight excluding hydrogens is 284 g/mol. The first-order valence-electron chi connectivity index (χ1n) is 6.90. The molecule has 0 amide bonds. The molecule has 4 heteroatoms. The molecule has 0 bridgehead atoms. The van der Waals surface area contributed by atoms with Gasteiger partial charge in [0.25, 0.3) is 0 Å². The SMILES string of the molecule is N#CC(C#N)=C(C#N)Nc1c2ccccc2cc2ccccc12. The first kappa shape index (κ1) is 14.1. The number of hydrogen-bond acceptors (Lipinski definition) is 4. The van der Waals surface area contributed by atoms with E-state index in [-0.39, 0.29) is 11.3 Å². The van der Waals surface area contributed by atoms with Gasteiger partial charge in [-0.25, -0.2) is 0 Å². The fourth-order valence-corrected chi connectivity index (χ4v) is 2.56. The number of nitriles is 3. The number of fused-ring (bicyclic) bond motifs is 2. The summed E-state index contributed by atoms with van der Waals surface area (Å²) < 4.78 is 0. The Bertz CT molecular complexity index is 1000.